The van der Waals surface area contributed by atoms with E-state index in [0.717, 1.165) is 21.7 Å². The molecule has 0 N–H and O–H groups in total. The molecule has 100 valence electrons. The van der Waals surface area contributed by atoms with Gasteiger partial charge < -0.3 is 4.57 Å². The number of rotatable bonds is 4. The first-order valence-corrected chi connectivity index (χ1v) is 7.56. The van der Waals surface area contributed by atoms with Crippen molar-refractivity contribution in [3.63, 3.8) is 0 Å². The fourth-order valence-corrected chi connectivity index (χ4v) is 2.92. The van der Waals surface area contributed by atoms with E-state index in [1.165, 1.54) is 0 Å². The van der Waals surface area contributed by atoms with Crippen LogP contribution in [0.3, 0.4) is 0 Å². The van der Waals surface area contributed by atoms with E-state index in [4.69, 9.17) is 16.9 Å². The maximum Gasteiger partial charge on any atom is 0.111 e. The van der Waals surface area contributed by atoms with Crippen LogP contribution < -0.4 is 0 Å². The van der Waals surface area contributed by atoms with Gasteiger partial charge in [-0.2, -0.15) is 5.26 Å². The number of aromatic nitrogens is 3. The molecular weight excluding hydrogens is 292 g/mol. The molecule has 0 saturated carbocycles. The second-order valence-electron chi connectivity index (χ2n) is 4.34. The van der Waals surface area contributed by atoms with Gasteiger partial charge in [0.05, 0.1) is 34.7 Å². The fourth-order valence-electron chi connectivity index (χ4n) is 2.17. The number of hydrogen-bond acceptors (Lipinski definition) is 4. The molecule has 0 spiro atoms. The first-order chi connectivity index (χ1) is 9.81. The number of thiazole rings is 1. The third-order valence-electron chi connectivity index (χ3n) is 3.07. The molecule has 4 nitrogen and oxygen atoms in total. The molecule has 3 rings (SSSR count). The summed E-state index contributed by atoms with van der Waals surface area (Å²) in [4.78, 5) is 9.87. The third kappa shape index (κ3) is 2.40. The van der Waals surface area contributed by atoms with Crippen molar-refractivity contribution in [3.05, 3.63) is 46.2 Å². The Hall–Kier alpha value is -1.90. The summed E-state index contributed by atoms with van der Waals surface area (Å²) in [6.45, 7) is 0.711. The first-order valence-electron chi connectivity index (χ1n) is 6.14. The van der Waals surface area contributed by atoms with Crippen molar-refractivity contribution in [2.24, 2.45) is 0 Å². The summed E-state index contributed by atoms with van der Waals surface area (Å²) in [7, 11) is 0. The Kier molecular flexibility index (Phi) is 3.68. The highest BCUT2D eigenvalue weighted by atomic mass is 35.5. The van der Waals surface area contributed by atoms with Gasteiger partial charge in [-0.25, -0.2) is 4.98 Å². The molecule has 0 atom stereocenters. The standard InChI is InChI=1S/C14H11ClN4S/c15-4-3-14-18-12-2-1-10(6-16)5-13(12)19(14)8-11-7-17-9-20-11/h1-2,5,7,9H,3-4,8H2. The Labute approximate surface area is 125 Å². The number of nitriles is 1. The Bertz CT molecular complexity index is 770. The van der Waals surface area contributed by atoms with Gasteiger partial charge in [0.25, 0.3) is 0 Å². The normalized spacial score (nSPS) is 10.8. The maximum atomic E-state index is 9.05. The molecule has 0 radical (unpaired) electrons. The number of halogens is 1. The number of fused-ring (bicyclic) bond motifs is 1. The molecule has 3 aromatic rings. The zero-order valence-electron chi connectivity index (χ0n) is 10.6. The minimum absolute atomic E-state index is 0.525. The topological polar surface area (TPSA) is 54.5 Å². The zero-order chi connectivity index (χ0) is 13.9. The average Bonchev–Trinajstić information content (AvgIpc) is 3.08. The second-order valence-corrected chi connectivity index (χ2v) is 5.69. The van der Waals surface area contributed by atoms with E-state index in [1.54, 1.807) is 17.4 Å². The minimum Gasteiger partial charge on any atom is -0.323 e. The number of imidazole rings is 1. The van der Waals surface area contributed by atoms with Crippen LogP contribution in [0.1, 0.15) is 16.3 Å². The summed E-state index contributed by atoms with van der Waals surface area (Å²) in [5.41, 5.74) is 4.32. The van der Waals surface area contributed by atoms with Crippen LogP contribution >= 0.6 is 22.9 Å². The predicted octanol–water partition coefficient (Wildman–Crippen LogP) is 3.19. The molecule has 0 aliphatic heterocycles. The van der Waals surface area contributed by atoms with Gasteiger partial charge in [0, 0.05) is 23.4 Å². The number of alkyl halides is 1. The Morgan fingerprint density at radius 1 is 1.40 bits per heavy atom. The van der Waals surface area contributed by atoms with Crippen molar-refractivity contribution in [2.45, 2.75) is 13.0 Å². The summed E-state index contributed by atoms with van der Waals surface area (Å²) in [6.07, 6.45) is 2.56. The number of nitrogens with zero attached hydrogens (tertiary/aromatic N) is 4. The van der Waals surface area contributed by atoms with Crippen LogP contribution in [0.25, 0.3) is 11.0 Å². The van der Waals surface area contributed by atoms with Crippen LogP contribution in [0.15, 0.2) is 29.9 Å². The van der Waals surface area contributed by atoms with Crippen molar-refractivity contribution in [1.82, 2.24) is 14.5 Å². The number of benzene rings is 1. The van der Waals surface area contributed by atoms with Crippen molar-refractivity contribution in [2.75, 3.05) is 5.88 Å². The van der Waals surface area contributed by atoms with Crippen LogP contribution in [-0.4, -0.2) is 20.4 Å². The SMILES string of the molecule is N#Cc1ccc2nc(CCCl)n(Cc3cncs3)c2c1. The lowest BCUT2D eigenvalue weighted by Gasteiger charge is -2.06. The molecular formula is C14H11ClN4S. The van der Waals surface area contributed by atoms with Crippen molar-refractivity contribution in [1.29, 1.82) is 5.26 Å². The quantitative estimate of drug-likeness (QED) is 0.695. The molecule has 2 heterocycles. The minimum atomic E-state index is 0.525. The van der Waals surface area contributed by atoms with Crippen molar-refractivity contribution in [3.8, 4) is 6.07 Å². The smallest absolute Gasteiger partial charge is 0.111 e. The Balaban J connectivity index is 2.14. The van der Waals surface area contributed by atoms with Gasteiger partial charge in [-0.15, -0.1) is 22.9 Å². The lowest BCUT2D eigenvalue weighted by Crippen LogP contribution is -2.05. The summed E-state index contributed by atoms with van der Waals surface area (Å²) >= 11 is 7.47. The maximum absolute atomic E-state index is 9.05. The van der Waals surface area contributed by atoms with E-state index in [1.807, 2.05) is 23.8 Å². The molecule has 0 bridgehead atoms. The molecule has 0 aliphatic rings. The van der Waals surface area contributed by atoms with Gasteiger partial charge in [0.15, 0.2) is 0 Å². The van der Waals surface area contributed by atoms with Crippen LogP contribution in [0.2, 0.25) is 0 Å². The fraction of sp³-hybridized carbons (Fsp3) is 0.214. The van der Waals surface area contributed by atoms with E-state index in [9.17, 15) is 0 Å². The molecule has 20 heavy (non-hydrogen) atoms. The molecule has 2 aromatic heterocycles. The van der Waals surface area contributed by atoms with E-state index >= 15 is 0 Å². The van der Waals surface area contributed by atoms with Gasteiger partial charge in [-0.3, -0.25) is 4.98 Å². The number of hydrogen-bond donors (Lipinski definition) is 0. The summed E-state index contributed by atoms with van der Waals surface area (Å²) in [6, 6.07) is 7.72. The van der Waals surface area contributed by atoms with Crippen LogP contribution in [-0.2, 0) is 13.0 Å². The summed E-state index contributed by atoms with van der Waals surface area (Å²) < 4.78 is 2.12. The van der Waals surface area contributed by atoms with Gasteiger partial charge in [0.1, 0.15) is 5.82 Å². The van der Waals surface area contributed by atoms with E-state index in [0.29, 0.717) is 24.4 Å². The lowest BCUT2D eigenvalue weighted by molar-refractivity contribution is 0.762. The lowest BCUT2D eigenvalue weighted by atomic mass is 10.2. The molecule has 0 unspecified atom stereocenters. The zero-order valence-corrected chi connectivity index (χ0v) is 12.2. The van der Waals surface area contributed by atoms with Crippen LogP contribution in [0, 0.1) is 11.3 Å². The first kappa shape index (κ1) is 13.1. The highest BCUT2D eigenvalue weighted by molar-refractivity contribution is 7.09. The van der Waals surface area contributed by atoms with Crippen molar-refractivity contribution < 1.29 is 0 Å². The predicted molar refractivity (Wildman–Crippen MR) is 80.1 cm³/mol. The third-order valence-corrected chi connectivity index (χ3v) is 4.03. The monoisotopic (exact) mass is 302 g/mol. The van der Waals surface area contributed by atoms with Crippen LogP contribution in [0.4, 0.5) is 0 Å². The van der Waals surface area contributed by atoms with E-state index in [2.05, 4.69) is 20.6 Å². The van der Waals surface area contributed by atoms with Crippen LogP contribution in [0.5, 0.6) is 0 Å². The number of aryl methyl sites for hydroxylation is 1. The van der Waals surface area contributed by atoms with Gasteiger partial charge in [-0.1, -0.05) is 0 Å². The molecule has 0 saturated heterocycles. The second kappa shape index (κ2) is 5.61. The largest absolute Gasteiger partial charge is 0.323 e. The Morgan fingerprint density at radius 2 is 2.30 bits per heavy atom. The van der Waals surface area contributed by atoms with Gasteiger partial charge in [0.2, 0.25) is 0 Å². The molecule has 0 amide bonds. The molecule has 0 fully saturated rings. The van der Waals surface area contributed by atoms with E-state index in [-0.39, 0.29) is 0 Å². The highest BCUT2D eigenvalue weighted by Crippen LogP contribution is 2.21. The van der Waals surface area contributed by atoms with Gasteiger partial charge in [-0.05, 0) is 18.2 Å². The van der Waals surface area contributed by atoms with E-state index < -0.39 is 0 Å². The average molecular weight is 303 g/mol. The Morgan fingerprint density at radius 3 is 3.00 bits per heavy atom. The van der Waals surface area contributed by atoms with Crippen molar-refractivity contribution >= 4 is 34.0 Å². The molecule has 6 heteroatoms. The summed E-state index contributed by atoms with van der Waals surface area (Å²) in [5.74, 6) is 1.47. The molecule has 0 aliphatic carbocycles. The van der Waals surface area contributed by atoms with Gasteiger partial charge >= 0.3 is 0 Å². The highest BCUT2D eigenvalue weighted by Gasteiger charge is 2.12. The molecule has 1 aromatic carbocycles. The summed E-state index contributed by atoms with van der Waals surface area (Å²) in [5, 5.41) is 9.05.